The molecule has 0 aromatic heterocycles. The van der Waals surface area contributed by atoms with E-state index in [1.54, 1.807) is 12.2 Å². The summed E-state index contributed by atoms with van der Waals surface area (Å²) in [4.78, 5) is 0. The SMILES string of the molecule is OC/C=C\CO[C@H]1CCCCO1. The Morgan fingerprint density at radius 1 is 1.42 bits per heavy atom. The molecule has 1 saturated heterocycles. The first kappa shape index (κ1) is 9.71. The third-order valence-corrected chi connectivity index (χ3v) is 1.79. The first-order valence-corrected chi connectivity index (χ1v) is 4.42. The Balaban J connectivity index is 2.01. The van der Waals surface area contributed by atoms with Crippen LogP contribution in [0.25, 0.3) is 0 Å². The molecule has 0 radical (unpaired) electrons. The topological polar surface area (TPSA) is 38.7 Å². The summed E-state index contributed by atoms with van der Waals surface area (Å²) in [7, 11) is 0. The summed E-state index contributed by atoms with van der Waals surface area (Å²) < 4.78 is 10.7. The third kappa shape index (κ3) is 3.85. The number of hydrogen-bond donors (Lipinski definition) is 1. The zero-order valence-electron chi connectivity index (χ0n) is 7.24. The van der Waals surface area contributed by atoms with Gasteiger partial charge in [0.25, 0.3) is 0 Å². The van der Waals surface area contributed by atoms with Gasteiger partial charge in [0.15, 0.2) is 6.29 Å². The van der Waals surface area contributed by atoms with Gasteiger partial charge in [-0.25, -0.2) is 0 Å². The maximum atomic E-state index is 8.43. The van der Waals surface area contributed by atoms with E-state index < -0.39 is 0 Å². The van der Waals surface area contributed by atoms with Crippen LogP contribution in [-0.2, 0) is 9.47 Å². The lowest BCUT2D eigenvalue weighted by molar-refractivity contribution is -0.155. The fourth-order valence-corrected chi connectivity index (χ4v) is 1.15. The summed E-state index contributed by atoms with van der Waals surface area (Å²) in [6.07, 6.45) is 6.77. The van der Waals surface area contributed by atoms with Crippen molar-refractivity contribution >= 4 is 0 Å². The van der Waals surface area contributed by atoms with Crippen molar-refractivity contribution in [3.05, 3.63) is 12.2 Å². The highest BCUT2D eigenvalue weighted by molar-refractivity contribution is 4.80. The fraction of sp³-hybridized carbons (Fsp3) is 0.778. The van der Waals surface area contributed by atoms with Gasteiger partial charge in [0.2, 0.25) is 0 Å². The van der Waals surface area contributed by atoms with Crippen molar-refractivity contribution in [1.29, 1.82) is 0 Å². The minimum atomic E-state index is -0.0258. The molecule has 12 heavy (non-hydrogen) atoms. The van der Waals surface area contributed by atoms with Crippen molar-refractivity contribution < 1.29 is 14.6 Å². The lowest BCUT2D eigenvalue weighted by Crippen LogP contribution is -2.22. The number of aliphatic hydroxyl groups excluding tert-OH is 1. The quantitative estimate of drug-likeness (QED) is 0.645. The average Bonchev–Trinajstić information content (AvgIpc) is 2.14. The summed E-state index contributed by atoms with van der Waals surface area (Å²) in [6, 6.07) is 0. The Hall–Kier alpha value is -0.380. The van der Waals surface area contributed by atoms with Crippen LogP contribution in [0.4, 0.5) is 0 Å². The highest BCUT2D eigenvalue weighted by Gasteiger charge is 2.12. The molecule has 1 fully saturated rings. The van der Waals surface area contributed by atoms with Gasteiger partial charge in [0.05, 0.1) is 13.2 Å². The molecule has 1 N–H and O–H groups in total. The van der Waals surface area contributed by atoms with E-state index in [4.69, 9.17) is 14.6 Å². The van der Waals surface area contributed by atoms with Crippen molar-refractivity contribution in [2.75, 3.05) is 19.8 Å². The van der Waals surface area contributed by atoms with Gasteiger partial charge in [-0.1, -0.05) is 12.2 Å². The van der Waals surface area contributed by atoms with Gasteiger partial charge >= 0.3 is 0 Å². The van der Waals surface area contributed by atoms with Crippen LogP contribution < -0.4 is 0 Å². The Morgan fingerprint density at radius 3 is 3.00 bits per heavy atom. The zero-order valence-corrected chi connectivity index (χ0v) is 7.24. The molecule has 3 heteroatoms. The smallest absolute Gasteiger partial charge is 0.157 e. The molecule has 0 bridgehead atoms. The number of ether oxygens (including phenoxy) is 2. The summed E-state index contributed by atoms with van der Waals surface area (Å²) >= 11 is 0. The minimum absolute atomic E-state index is 0.0258. The van der Waals surface area contributed by atoms with E-state index in [9.17, 15) is 0 Å². The normalized spacial score (nSPS) is 24.9. The summed E-state index contributed by atoms with van der Waals surface area (Å²) in [5.74, 6) is 0. The largest absolute Gasteiger partial charge is 0.392 e. The van der Waals surface area contributed by atoms with Crippen LogP contribution >= 0.6 is 0 Å². The summed E-state index contributed by atoms with van der Waals surface area (Å²) in [5.41, 5.74) is 0. The first-order chi connectivity index (χ1) is 5.93. The first-order valence-electron chi connectivity index (χ1n) is 4.42. The highest BCUT2D eigenvalue weighted by atomic mass is 16.7. The maximum Gasteiger partial charge on any atom is 0.157 e. The third-order valence-electron chi connectivity index (χ3n) is 1.79. The van der Waals surface area contributed by atoms with Crippen molar-refractivity contribution in [3.8, 4) is 0 Å². The van der Waals surface area contributed by atoms with Crippen LogP contribution in [0.15, 0.2) is 12.2 Å². The molecule has 0 unspecified atom stereocenters. The molecule has 0 aliphatic carbocycles. The Labute approximate surface area is 73.0 Å². The van der Waals surface area contributed by atoms with Crippen LogP contribution in [0, 0.1) is 0 Å². The molecular formula is C9H16O3. The second-order valence-corrected chi connectivity index (χ2v) is 2.78. The van der Waals surface area contributed by atoms with E-state index in [1.165, 1.54) is 6.42 Å². The van der Waals surface area contributed by atoms with Gasteiger partial charge in [0.1, 0.15) is 0 Å². The molecule has 0 aromatic rings. The van der Waals surface area contributed by atoms with Gasteiger partial charge < -0.3 is 14.6 Å². The lowest BCUT2D eigenvalue weighted by Gasteiger charge is -2.21. The Morgan fingerprint density at radius 2 is 2.33 bits per heavy atom. The molecule has 1 heterocycles. The van der Waals surface area contributed by atoms with Crippen molar-refractivity contribution in [2.24, 2.45) is 0 Å². The van der Waals surface area contributed by atoms with Crippen LogP contribution in [0.1, 0.15) is 19.3 Å². The van der Waals surface area contributed by atoms with E-state index in [-0.39, 0.29) is 12.9 Å². The van der Waals surface area contributed by atoms with E-state index in [1.807, 2.05) is 0 Å². The highest BCUT2D eigenvalue weighted by Crippen LogP contribution is 2.13. The predicted molar refractivity (Wildman–Crippen MR) is 45.8 cm³/mol. The van der Waals surface area contributed by atoms with Gasteiger partial charge in [0, 0.05) is 6.61 Å². The maximum absolute atomic E-state index is 8.43. The van der Waals surface area contributed by atoms with Gasteiger partial charge in [-0.05, 0) is 19.3 Å². The molecule has 0 amide bonds. The fourth-order valence-electron chi connectivity index (χ4n) is 1.15. The zero-order chi connectivity index (χ0) is 8.65. The Kier molecular flexibility index (Phi) is 4.99. The molecule has 1 rings (SSSR count). The molecule has 0 aromatic carbocycles. The van der Waals surface area contributed by atoms with Crippen LogP contribution in [-0.4, -0.2) is 31.2 Å². The average molecular weight is 172 g/mol. The van der Waals surface area contributed by atoms with E-state index in [0.29, 0.717) is 6.61 Å². The predicted octanol–water partition coefficient (Wildman–Crippen LogP) is 1.08. The van der Waals surface area contributed by atoms with E-state index in [2.05, 4.69) is 0 Å². The van der Waals surface area contributed by atoms with Crippen molar-refractivity contribution in [2.45, 2.75) is 25.6 Å². The van der Waals surface area contributed by atoms with Crippen molar-refractivity contribution in [1.82, 2.24) is 0 Å². The second-order valence-electron chi connectivity index (χ2n) is 2.78. The number of aliphatic hydroxyl groups is 1. The van der Waals surface area contributed by atoms with Crippen LogP contribution in [0.5, 0.6) is 0 Å². The van der Waals surface area contributed by atoms with Crippen LogP contribution in [0.3, 0.4) is 0 Å². The second kappa shape index (κ2) is 6.17. The van der Waals surface area contributed by atoms with E-state index >= 15 is 0 Å². The Bertz CT molecular complexity index is 128. The molecule has 70 valence electrons. The monoisotopic (exact) mass is 172 g/mol. The molecule has 1 atom stereocenters. The molecule has 1 aliphatic rings. The van der Waals surface area contributed by atoms with Gasteiger partial charge in [-0.2, -0.15) is 0 Å². The molecule has 3 nitrogen and oxygen atoms in total. The number of hydrogen-bond acceptors (Lipinski definition) is 3. The molecule has 0 spiro atoms. The van der Waals surface area contributed by atoms with E-state index in [0.717, 1.165) is 19.4 Å². The lowest BCUT2D eigenvalue weighted by atomic mass is 10.2. The standard InChI is InChI=1S/C9H16O3/c10-6-2-4-8-12-9-5-1-3-7-11-9/h2,4,9-10H,1,3,5-8H2/b4-2-/t9-/m0/s1. The van der Waals surface area contributed by atoms with Crippen LogP contribution in [0.2, 0.25) is 0 Å². The van der Waals surface area contributed by atoms with Crippen molar-refractivity contribution in [3.63, 3.8) is 0 Å². The molecular weight excluding hydrogens is 156 g/mol. The van der Waals surface area contributed by atoms with Gasteiger partial charge in [-0.15, -0.1) is 0 Å². The minimum Gasteiger partial charge on any atom is -0.392 e. The summed E-state index contributed by atoms with van der Waals surface area (Å²) in [5, 5.41) is 8.43. The molecule has 1 aliphatic heterocycles. The van der Waals surface area contributed by atoms with Gasteiger partial charge in [-0.3, -0.25) is 0 Å². The summed E-state index contributed by atoms with van der Waals surface area (Å²) in [6.45, 7) is 1.43. The number of rotatable bonds is 4. The molecule has 0 saturated carbocycles.